The Kier molecular flexibility index (Phi) is 5.12. The average Bonchev–Trinajstić information content (AvgIpc) is 2.66. The van der Waals surface area contributed by atoms with Crippen LogP contribution in [0, 0.1) is 0 Å². The quantitative estimate of drug-likeness (QED) is 0.564. The number of rotatable bonds is 4. The zero-order valence-corrected chi connectivity index (χ0v) is 16.4. The minimum atomic E-state index is 0.0124. The van der Waals surface area contributed by atoms with Crippen LogP contribution in [0.25, 0.3) is 22.0 Å². The standard InChI is InChI=1S/C22H24ClN2O/c1-5-15(2)25(3,4)22(26)20-14-16-10-6-7-11-17(16)21(24-20)18-12-8-9-13-19(18)23/h6-15H,5H2,1-4H3/q+1. The molecular weight excluding hydrogens is 344 g/mol. The molecule has 1 heterocycles. The number of hydrogen-bond acceptors (Lipinski definition) is 2. The molecule has 26 heavy (non-hydrogen) atoms. The van der Waals surface area contributed by atoms with Crippen molar-refractivity contribution in [3.63, 3.8) is 0 Å². The van der Waals surface area contributed by atoms with Crippen LogP contribution >= 0.6 is 11.6 Å². The van der Waals surface area contributed by atoms with Crippen molar-refractivity contribution in [1.82, 2.24) is 4.98 Å². The lowest BCUT2D eigenvalue weighted by atomic mass is 10.0. The summed E-state index contributed by atoms with van der Waals surface area (Å²) in [5.41, 5.74) is 2.07. The van der Waals surface area contributed by atoms with Gasteiger partial charge in [0, 0.05) is 16.0 Å². The van der Waals surface area contributed by atoms with E-state index in [4.69, 9.17) is 16.6 Å². The van der Waals surface area contributed by atoms with Gasteiger partial charge in [-0.05, 0) is 30.9 Å². The Morgan fingerprint density at radius 3 is 2.46 bits per heavy atom. The largest absolute Gasteiger partial charge is 0.364 e. The first-order valence-corrected chi connectivity index (χ1v) is 9.27. The van der Waals surface area contributed by atoms with E-state index in [-0.39, 0.29) is 16.4 Å². The lowest BCUT2D eigenvalue weighted by molar-refractivity contribution is -0.833. The van der Waals surface area contributed by atoms with Crippen molar-refractivity contribution in [2.24, 2.45) is 0 Å². The van der Waals surface area contributed by atoms with E-state index in [1.54, 1.807) is 0 Å². The maximum absolute atomic E-state index is 13.3. The smallest absolute Gasteiger partial charge is 0.257 e. The van der Waals surface area contributed by atoms with Gasteiger partial charge in [0.25, 0.3) is 0 Å². The molecule has 0 saturated carbocycles. The molecule has 0 bridgehead atoms. The van der Waals surface area contributed by atoms with Crippen molar-refractivity contribution in [3.05, 3.63) is 65.3 Å². The second-order valence-corrected chi connectivity index (χ2v) is 7.57. The number of hydrogen-bond donors (Lipinski definition) is 0. The molecule has 3 nitrogen and oxygen atoms in total. The van der Waals surface area contributed by atoms with E-state index in [1.165, 1.54) is 0 Å². The highest BCUT2D eigenvalue weighted by molar-refractivity contribution is 6.33. The van der Waals surface area contributed by atoms with E-state index >= 15 is 0 Å². The fourth-order valence-corrected chi connectivity index (χ4v) is 3.34. The highest BCUT2D eigenvalue weighted by Crippen LogP contribution is 2.33. The van der Waals surface area contributed by atoms with Crippen LogP contribution in [-0.2, 0) is 0 Å². The van der Waals surface area contributed by atoms with Crippen LogP contribution in [0.5, 0.6) is 0 Å². The van der Waals surface area contributed by atoms with Crippen molar-refractivity contribution in [2.45, 2.75) is 26.3 Å². The van der Waals surface area contributed by atoms with E-state index in [1.807, 2.05) is 68.7 Å². The molecular formula is C22H24ClN2O+. The maximum Gasteiger partial charge on any atom is 0.364 e. The molecule has 0 radical (unpaired) electrons. The van der Waals surface area contributed by atoms with Gasteiger partial charge < -0.3 is 0 Å². The zero-order valence-electron chi connectivity index (χ0n) is 15.7. The number of carbonyl (C=O) groups is 1. The third-order valence-electron chi connectivity index (χ3n) is 5.30. The van der Waals surface area contributed by atoms with Crippen molar-refractivity contribution in [1.29, 1.82) is 0 Å². The Labute approximate surface area is 159 Å². The van der Waals surface area contributed by atoms with E-state index in [0.717, 1.165) is 28.5 Å². The molecule has 134 valence electrons. The highest BCUT2D eigenvalue weighted by Gasteiger charge is 2.34. The molecule has 3 aromatic rings. The van der Waals surface area contributed by atoms with Crippen LogP contribution in [-0.4, -0.2) is 35.5 Å². The van der Waals surface area contributed by atoms with Crippen LogP contribution in [0.1, 0.15) is 30.8 Å². The summed E-state index contributed by atoms with van der Waals surface area (Å²) >= 11 is 6.43. The highest BCUT2D eigenvalue weighted by atomic mass is 35.5. The monoisotopic (exact) mass is 367 g/mol. The van der Waals surface area contributed by atoms with Crippen molar-refractivity contribution < 1.29 is 9.28 Å². The van der Waals surface area contributed by atoms with E-state index < -0.39 is 0 Å². The lowest BCUT2D eigenvalue weighted by Gasteiger charge is -2.32. The van der Waals surface area contributed by atoms with E-state index in [9.17, 15) is 4.79 Å². The lowest BCUT2D eigenvalue weighted by Crippen LogP contribution is -2.52. The second kappa shape index (κ2) is 7.18. The van der Waals surface area contributed by atoms with Gasteiger partial charge in [0.15, 0.2) is 5.69 Å². The van der Waals surface area contributed by atoms with Crippen LogP contribution in [0.2, 0.25) is 5.02 Å². The second-order valence-electron chi connectivity index (χ2n) is 7.16. The number of pyridine rings is 1. The van der Waals surface area contributed by atoms with Crippen molar-refractivity contribution >= 4 is 28.3 Å². The number of aromatic nitrogens is 1. The van der Waals surface area contributed by atoms with Crippen LogP contribution in [0.3, 0.4) is 0 Å². The first kappa shape index (κ1) is 18.6. The van der Waals surface area contributed by atoms with Gasteiger partial charge in [0.1, 0.15) is 0 Å². The number of quaternary nitrogens is 1. The summed E-state index contributed by atoms with van der Waals surface area (Å²) in [6, 6.07) is 17.7. The Bertz CT molecular complexity index is 965. The van der Waals surface area contributed by atoms with E-state index in [0.29, 0.717) is 10.7 Å². The SMILES string of the molecule is CCC(C)[N+](C)(C)C(=O)c1cc2ccccc2c(-c2ccccc2Cl)n1. The summed E-state index contributed by atoms with van der Waals surface area (Å²) in [6.07, 6.45) is 0.920. The summed E-state index contributed by atoms with van der Waals surface area (Å²) in [7, 11) is 3.89. The molecule has 0 spiro atoms. The summed E-state index contributed by atoms with van der Waals surface area (Å²) in [5, 5.41) is 2.61. The summed E-state index contributed by atoms with van der Waals surface area (Å²) in [4.78, 5) is 18.0. The molecule has 4 heteroatoms. The number of nitrogens with zero attached hydrogens (tertiary/aromatic N) is 2. The molecule has 2 aromatic carbocycles. The van der Waals surface area contributed by atoms with Gasteiger partial charge in [-0.2, -0.15) is 0 Å². The summed E-state index contributed by atoms with van der Waals surface area (Å²) in [6.45, 7) is 4.19. The number of amides is 1. The maximum atomic E-state index is 13.3. The first-order chi connectivity index (χ1) is 12.4. The third-order valence-corrected chi connectivity index (χ3v) is 5.63. The fourth-order valence-electron chi connectivity index (χ4n) is 3.12. The topological polar surface area (TPSA) is 30.0 Å². The molecule has 0 aliphatic heterocycles. The van der Waals surface area contributed by atoms with Crippen molar-refractivity contribution in [3.8, 4) is 11.3 Å². The fraction of sp³-hybridized carbons (Fsp3) is 0.273. The van der Waals surface area contributed by atoms with Gasteiger partial charge in [-0.15, -0.1) is 0 Å². The summed E-state index contributed by atoms with van der Waals surface area (Å²) in [5.74, 6) is 0.0124. The van der Waals surface area contributed by atoms with Gasteiger partial charge >= 0.3 is 5.91 Å². The predicted octanol–water partition coefficient (Wildman–Crippen LogP) is 5.57. The molecule has 0 aliphatic carbocycles. The molecule has 1 unspecified atom stereocenters. The zero-order chi connectivity index (χ0) is 18.9. The Hall–Kier alpha value is -2.23. The van der Waals surface area contributed by atoms with Gasteiger partial charge in [-0.3, -0.25) is 4.48 Å². The molecule has 1 amide bonds. The minimum absolute atomic E-state index is 0.0124. The predicted molar refractivity (Wildman–Crippen MR) is 108 cm³/mol. The normalized spacial score (nSPS) is 13.0. The average molecular weight is 368 g/mol. The number of halogens is 1. The van der Waals surface area contributed by atoms with Crippen molar-refractivity contribution in [2.75, 3.05) is 14.1 Å². The third kappa shape index (κ3) is 3.25. The van der Waals surface area contributed by atoms with Crippen LogP contribution < -0.4 is 0 Å². The molecule has 3 rings (SSSR count). The van der Waals surface area contributed by atoms with Crippen LogP contribution in [0.15, 0.2) is 54.6 Å². The molecule has 0 saturated heterocycles. The molecule has 1 aromatic heterocycles. The Morgan fingerprint density at radius 2 is 1.77 bits per heavy atom. The Balaban J connectivity index is 2.24. The number of carbonyl (C=O) groups excluding carboxylic acids is 1. The molecule has 1 atom stereocenters. The Morgan fingerprint density at radius 1 is 1.12 bits per heavy atom. The minimum Gasteiger partial charge on any atom is -0.257 e. The van der Waals surface area contributed by atoms with Gasteiger partial charge in [-0.25, -0.2) is 9.78 Å². The van der Waals surface area contributed by atoms with Gasteiger partial charge in [0.2, 0.25) is 0 Å². The first-order valence-electron chi connectivity index (χ1n) is 8.89. The summed E-state index contributed by atoms with van der Waals surface area (Å²) < 4.78 is 0.268. The van der Waals surface area contributed by atoms with Gasteiger partial charge in [0.05, 0.1) is 25.8 Å². The van der Waals surface area contributed by atoms with Crippen LogP contribution in [0.4, 0.5) is 0 Å². The van der Waals surface area contributed by atoms with Gasteiger partial charge in [-0.1, -0.05) is 61.0 Å². The number of fused-ring (bicyclic) bond motifs is 1. The van der Waals surface area contributed by atoms with E-state index in [2.05, 4.69) is 13.8 Å². The molecule has 0 aliphatic rings. The molecule has 0 N–H and O–H groups in total. The number of benzene rings is 2. The molecule has 0 fully saturated rings.